The van der Waals surface area contributed by atoms with Gasteiger partial charge in [0.05, 0.1) is 19.0 Å². The molecule has 0 bridgehead atoms. The lowest BCUT2D eigenvalue weighted by atomic mass is 10.1. The number of rotatable bonds is 4. The highest BCUT2D eigenvalue weighted by Gasteiger charge is 2.20. The molecule has 27 heavy (non-hydrogen) atoms. The Hall–Kier alpha value is -2.71. The summed E-state index contributed by atoms with van der Waals surface area (Å²) in [7, 11) is 1.29. The first-order chi connectivity index (χ1) is 13.0. The number of methoxy groups -OCH3 is 1. The topological polar surface area (TPSA) is 74.3 Å². The molecule has 0 saturated carbocycles. The van der Waals surface area contributed by atoms with E-state index in [1.54, 1.807) is 35.0 Å². The normalized spacial score (nSPS) is 11.2. The minimum absolute atomic E-state index is 0.109. The third-order valence-corrected chi connectivity index (χ3v) is 6.19. The lowest BCUT2D eigenvalue weighted by Crippen LogP contribution is -2.24. The van der Waals surface area contributed by atoms with E-state index in [4.69, 9.17) is 4.42 Å². The smallest absolute Gasteiger partial charge is 0.373 e. The summed E-state index contributed by atoms with van der Waals surface area (Å²) in [6.45, 7) is 4.00. The van der Waals surface area contributed by atoms with Crippen LogP contribution in [0.2, 0.25) is 0 Å². The average Bonchev–Trinajstić information content (AvgIpc) is 3.37. The molecule has 0 saturated heterocycles. The molecule has 0 aliphatic carbocycles. The minimum atomic E-state index is -0.549. The zero-order valence-electron chi connectivity index (χ0n) is 14.9. The zero-order chi connectivity index (χ0) is 19.1. The number of esters is 1. The molecule has 0 N–H and O–H groups in total. The van der Waals surface area contributed by atoms with Crippen LogP contribution < -0.4 is 5.56 Å². The van der Waals surface area contributed by atoms with Gasteiger partial charge in [-0.2, -0.15) is 0 Å². The van der Waals surface area contributed by atoms with E-state index in [1.807, 2.05) is 24.4 Å². The maximum absolute atomic E-state index is 13.3. The fourth-order valence-electron chi connectivity index (χ4n) is 3.03. The van der Waals surface area contributed by atoms with Crippen molar-refractivity contribution in [2.75, 3.05) is 7.11 Å². The van der Waals surface area contributed by atoms with Crippen molar-refractivity contribution >= 4 is 38.9 Å². The first-order valence-electron chi connectivity index (χ1n) is 8.21. The lowest BCUT2D eigenvalue weighted by molar-refractivity contribution is 0.0563. The summed E-state index contributed by atoms with van der Waals surface area (Å²) in [5.41, 5.74) is 0.840. The van der Waals surface area contributed by atoms with Gasteiger partial charge in [-0.3, -0.25) is 9.36 Å². The van der Waals surface area contributed by atoms with E-state index in [0.29, 0.717) is 17.0 Å². The number of carbonyl (C=O) groups excluding carboxylic acids is 1. The first kappa shape index (κ1) is 17.7. The van der Waals surface area contributed by atoms with Gasteiger partial charge in [-0.15, -0.1) is 22.7 Å². The summed E-state index contributed by atoms with van der Waals surface area (Å²) < 4.78 is 11.7. The van der Waals surface area contributed by atoms with E-state index in [2.05, 4.69) is 9.72 Å². The lowest BCUT2D eigenvalue weighted by Gasteiger charge is -2.08. The molecule has 4 rings (SSSR count). The number of ether oxygens (including phenoxy) is 1. The van der Waals surface area contributed by atoms with Crippen molar-refractivity contribution in [2.24, 2.45) is 0 Å². The molecule has 0 aromatic carbocycles. The van der Waals surface area contributed by atoms with Gasteiger partial charge in [0, 0.05) is 15.3 Å². The summed E-state index contributed by atoms with van der Waals surface area (Å²) in [4.78, 5) is 32.4. The van der Waals surface area contributed by atoms with Gasteiger partial charge in [0.15, 0.2) is 0 Å². The van der Waals surface area contributed by atoms with Crippen LogP contribution in [0.25, 0.3) is 20.7 Å². The van der Waals surface area contributed by atoms with E-state index < -0.39 is 5.97 Å². The Kier molecular flexibility index (Phi) is 4.45. The van der Waals surface area contributed by atoms with E-state index in [0.717, 1.165) is 20.1 Å². The highest BCUT2D eigenvalue weighted by Crippen LogP contribution is 2.37. The van der Waals surface area contributed by atoms with Gasteiger partial charge in [0.2, 0.25) is 5.76 Å². The predicted molar refractivity (Wildman–Crippen MR) is 106 cm³/mol. The van der Waals surface area contributed by atoms with E-state index in [9.17, 15) is 9.59 Å². The number of hydrogen-bond acceptors (Lipinski definition) is 7. The minimum Gasteiger partial charge on any atom is -0.463 e. The molecular formula is C19H16N2O4S2. The van der Waals surface area contributed by atoms with Crippen LogP contribution in [-0.4, -0.2) is 22.6 Å². The van der Waals surface area contributed by atoms with Gasteiger partial charge in [0.25, 0.3) is 5.56 Å². The fourth-order valence-corrected chi connectivity index (χ4v) is 5.00. The Labute approximate surface area is 162 Å². The van der Waals surface area contributed by atoms with E-state index in [-0.39, 0.29) is 17.9 Å². The van der Waals surface area contributed by atoms with Crippen LogP contribution in [-0.2, 0) is 11.3 Å². The number of furan rings is 1. The summed E-state index contributed by atoms with van der Waals surface area (Å²) >= 11 is 3.13. The first-order valence-corrected chi connectivity index (χ1v) is 9.90. The largest absolute Gasteiger partial charge is 0.463 e. The second kappa shape index (κ2) is 6.79. The van der Waals surface area contributed by atoms with Crippen LogP contribution in [0, 0.1) is 13.8 Å². The molecule has 0 aliphatic rings. The maximum Gasteiger partial charge on any atom is 0.373 e. The van der Waals surface area contributed by atoms with Crippen molar-refractivity contribution in [3.05, 3.63) is 62.2 Å². The molecule has 0 aliphatic heterocycles. The number of fused-ring (bicyclic) bond motifs is 1. The van der Waals surface area contributed by atoms with Gasteiger partial charge in [-0.05, 0) is 37.4 Å². The average molecular weight is 400 g/mol. The molecule has 4 aromatic rings. The molecule has 0 radical (unpaired) electrons. The summed E-state index contributed by atoms with van der Waals surface area (Å²) in [6.07, 6.45) is 0. The van der Waals surface area contributed by atoms with Gasteiger partial charge < -0.3 is 9.15 Å². The van der Waals surface area contributed by atoms with Gasteiger partial charge in [0.1, 0.15) is 16.4 Å². The third kappa shape index (κ3) is 3.00. The number of hydrogen-bond donors (Lipinski definition) is 0. The van der Waals surface area contributed by atoms with Crippen LogP contribution in [0.5, 0.6) is 0 Å². The van der Waals surface area contributed by atoms with Crippen molar-refractivity contribution in [1.82, 2.24) is 9.55 Å². The SMILES string of the molecule is COC(=O)c1ccc(Cn2c(C)nc3sc(C)c(-c4cccs4)c3c2=O)o1. The molecule has 0 amide bonds. The molecular weight excluding hydrogens is 384 g/mol. The van der Waals surface area contributed by atoms with Gasteiger partial charge >= 0.3 is 5.97 Å². The molecule has 0 atom stereocenters. The highest BCUT2D eigenvalue weighted by atomic mass is 32.1. The molecule has 0 spiro atoms. The van der Waals surface area contributed by atoms with Crippen molar-refractivity contribution < 1.29 is 13.9 Å². The van der Waals surface area contributed by atoms with Crippen LogP contribution >= 0.6 is 22.7 Å². The van der Waals surface area contributed by atoms with Crippen molar-refractivity contribution in [2.45, 2.75) is 20.4 Å². The Bertz CT molecular complexity index is 1200. The second-order valence-corrected chi connectivity index (χ2v) is 8.15. The highest BCUT2D eigenvalue weighted by molar-refractivity contribution is 7.20. The third-order valence-electron chi connectivity index (χ3n) is 4.31. The zero-order valence-corrected chi connectivity index (χ0v) is 16.6. The maximum atomic E-state index is 13.3. The second-order valence-electron chi connectivity index (χ2n) is 6.00. The number of thiophene rings is 2. The molecule has 6 nitrogen and oxygen atoms in total. The van der Waals surface area contributed by atoms with Crippen molar-refractivity contribution in [3.8, 4) is 10.4 Å². The Morgan fingerprint density at radius 3 is 2.81 bits per heavy atom. The standard InChI is InChI=1S/C19H16N2O4S2/c1-10-15(14-5-4-8-26-14)16-17(27-10)20-11(2)21(18(16)22)9-12-6-7-13(25-12)19(23)24-3/h4-8H,9H2,1-3H3. The van der Waals surface area contributed by atoms with Crippen LogP contribution in [0.4, 0.5) is 0 Å². The van der Waals surface area contributed by atoms with Crippen molar-refractivity contribution in [3.63, 3.8) is 0 Å². The quantitative estimate of drug-likeness (QED) is 0.479. The Balaban J connectivity index is 1.84. The van der Waals surface area contributed by atoms with Crippen LogP contribution in [0.15, 0.2) is 38.9 Å². The number of aromatic nitrogens is 2. The summed E-state index contributed by atoms with van der Waals surface area (Å²) in [5.74, 6) is 0.652. The Morgan fingerprint density at radius 2 is 2.11 bits per heavy atom. The van der Waals surface area contributed by atoms with Crippen LogP contribution in [0.1, 0.15) is 27.0 Å². The van der Waals surface area contributed by atoms with Gasteiger partial charge in [-0.1, -0.05) is 6.07 Å². The molecule has 4 aromatic heterocycles. The monoisotopic (exact) mass is 400 g/mol. The van der Waals surface area contributed by atoms with Crippen LogP contribution in [0.3, 0.4) is 0 Å². The van der Waals surface area contributed by atoms with E-state index >= 15 is 0 Å². The molecule has 138 valence electrons. The van der Waals surface area contributed by atoms with E-state index in [1.165, 1.54) is 18.4 Å². The number of aryl methyl sites for hydroxylation is 2. The summed E-state index contributed by atoms with van der Waals surface area (Å²) in [6, 6.07) is 7.19. The fraction of sp³-hybridized carbons (Fsp3) is 0.211. The molecule has 8 heteroatoms. The molecule has 0 fully saturated rings. The Morgan fingerprint density at radius 1 is 1.30 bits per heavy atom. The number of nitrogens with zero attached hydrogens (tertiary/aromatic N) is 2. The molecule has 0 unspecified atom stereocenters. The van der Waals surface area contributed by atoms with Gasteiger partial charge in [-0.25, -0.2) is 9.78 Å². The summed E-state index contributed by atoms with van der Waals surface area (Å²) in [5, 5.41) is 2.63. The molecule has 4 heterocycles. The predicted octanol–water partition coefficient (Wildman–Crippen LogP) is 4.23. The number of carbonyl (C=O) groups is 1. The van der Waals surface area contributed by atoms with Crippen molar-refractivity contribution in [1.29, 1.82) is 0 Å².